The van der Waals surface area contributed by atoms with Gasteiger partial charge in [0.15, 0.2) is 5.58 Å². The van der Waals surface area contributed by atoms with Gasteiger partial charge < -0.3 is 4.42 Å². The van der Waals surface area contributed by atoms with E-state index in [2.05, 4.69) is 97.1 Å². The Morgan fingerprint density at radius 3 is 1.85 bits per heavy atom. The maximum Gasteiger partial charge on any atom is 0.161 e. The van der Waals surface area contributed by atoms with E-state index in [-0.39, 0.29) is 0 Å². The van der Waals surface area contributed by atoms with Crippen LogP contribution in [0.25, 0.3) is 66.0 Å². The molecule has 2 aromatic heterocycles. The van der Waals surface area contributed by atoms with Crippen LogP contribution in [0.3, 0.4) is 0 Å². The van der Waals surface area contributed by atoms with Gasteiger partial charge in [0.1, 0.15) is 11.1 Å². The molecule has 0 amide bonds. The molecule has 0 N–H and O–H groups in total. The third kappa shape index (κ3) is 2.78. The van der Waals surface area contributed by atoms with Crippen molar-refractivity contribution in [1.82, 2.24) is 4.98 Å². The van der Waals surface area contributed by atoms with Crippen LogP contribution in [0.1, 0.15) is 0 Å². The predicted octanol–water partition coefficient (Wildman–Crippen LogP) is 8.62. The molecule has 7 rings (SSSR count). The summed E-state index contributed by atoms with van der Waals surface area (Å²) in [7, 11) is 0. The van der Waals surface area contributed by atoms with Gasteiger partial charge in [-0.3, -0.25) is 0 Å². The molecular weight excluding hydrogens is 402 g/mol. The molecule has 0 unspecified atom stereocenters. The van der Waals surface area contributed by atoms with Crippen molar-refractivity contribution in [3.05, 3.63) is 115 Å². The Hall–Kier alpha value is -4.43. The molecule has 33 heavy (non-hydrogen) atoms. The molecule has 0 aliphatic carbocycles. The van der Waals surface area contributed by atoms with Crippen LogP contribution in [-0.4, -0.2) is 4.98 Å². The number of rotatable bonds is 2. The van der Waals surface area contributed by atoms with E-state index in [9.17, 15) is 0 Å². The summed E-state index contributed by atoms with van der Waals surface area (Å²) in [6, 6.07) is 40.2. The number of furan rings is 1. The van der Waals surface area contributed by atoms with Gasteiger partial charge in [-0.1, -0.05) is 103 Å². The lowest BCUT2D eigenvalue weighted by atomic mass is 9.97. The number of nitrogens with zero attached hydrogens (tertiary/aromatic N) is 1. The minimum absolute atomic E-state index is 0.849. The van der Waals surface area contributed by atoms with E-state index in [0.717, 1.165) is 49.5 Å². The second-order valence-corrected chi connectivity index (χ2v) is 8.39. The Morgan fingerprint density at radius 1 is 0.424 bits per heavy atom. The summed E-state index contributed by atoms with van der Waals surface area (Å²) in [5.74, 6) is 0. The highest BCUT2D eigenvalue weighted by Gasteiger charge is 2.16. The van der Waals surface area contributed by atoms with Crippen LogP contribution in [0.4, 0.5) is 0 Å². The first-order chi connectivity index (χ1) is 16.4. The Labute approximate surface area is 190 Å². The third-order valence-corrected chi connectivity index (χ3v) is 6.48. The van der Waals surface area contributed by atoms with Crippen molar-refractivity contribution in [2.75, 3.05) is 0 Å². The number of aromatic nitrogens is 1. The molecule has 0 aliphatic rings. The summed E-state index contributed by atoms with van der Waals surface area (Å²) >= 11 is 0. The van der Waals surface area contributed by atoms with Gasteiger partial charge in [-0.2, -0.15) is 0 Å². The molecule has 7 aromatic rings. The second kappa shape index (κ2) is 7.04. The molecular formula is C31H19NO. The Kier molecular flexibility index (Phi) is 3.88. The number of hydrogen-bond donors (Lipinski definition) is 0. The largest absolute Gasteiger partial charge is 0.454 e. The second-order valence-electron chi connectivity index (χ2n) is 8.39. The van der Waals surface area contributed by atoms with E-state index >= 15 is 0 Å². The van der Waals surface area contributed by atoms with E-state index in [0.29, 0.717) is 0 Å². The van der Waals surface area contributed by atoms with E-state index in [1.807, 2.05) is 18.2 Å². The fraction of sp³-hybridized carbons (Fsp3) is 0. The quantitative estimate of drug-likeness (QED) is 0.261. The van der Waals surface area contributed by atoms with Gasteiger partial charge in [0.25, 0.3) is 0 Å². The van der Waals surface area contributed by atoms with Crippen LogP contribution in [0.15, 0.2) is 120 Å². The van der Waals surface area contributed by atoms with Crippen molar-refractivity contribution in [1.29, 1.82) is 0 Å². The number of hydrogen-bond acceptors (Lipinski definition) is 2. The van der Waals surface area contributed by atoms with Crippen LogP contribution in [0.2, 0.25) is 0 Å². The number of benzene rings is 5. The topological polar surface area (TPSA) is 26.0 Å². The lowest BCUT2D eigenvalue weighted by molar-refractivity contribution is 0.672. The van der Waals surface area contributed by atoms with E-state index < -0.39 is 0 Å². The Morgan fingerprint density at radius 2 is 1.03 bits per heavy atom. The smallest absolute Gasteiger partial charge is 0.161 e. The first-order valence-electron chi connectivity index (χ1n) is 11.2. The minimum atomic E-state index is 0.849. The standard InChI is InChI=1S/C31H19NO/c1-2-8-20(9-3-1)21-14-16-22(17-15-21)29-25-12-5-4-10-23(25)26-18-19-27-24-11-6-7-13-28(24)33-31(27)30(26)32-29/h1-19H. The summed E-state index contributed by atoms with van der Waals surface area (Å²) in [4.78, 5) is 5.21. The van der Waals surface area contributed by atoms with Crippen LogP contribution in [0.5, 0.6) is 0 Å². The van der Waals surface area contributed by atoms with Crippen LogP contribution < -0.4 is 0 Å². The number of pyridine rings is 1. The summed E-state index contributed by atoms with van der Waals surface area (Å²) in [5.41, 5.74) is 7.13. The molecule has 0 spiro atoms. The fourth-order valence-electron chi connectivity index (χ4n) is 4.87. The van der Waals surface area contributed by atoms with Gasteiger partial charge in [-0.05, 0) is 28.6 Å². The zero-order valence-corrected chi connectivity index (χ0v) is 17.8. The fourth-order valence-corrected chi connectivity index (χ4v) is 4.87. The summed E-state index contributed by atoms with van der Waals surface area (Å²) in [5, 5.41) is 5.67. The maximum absolute atomic E-state index is 6.32. The van der Waals surface area contributed by atoms with Crippen LogP contribution >= 0.6 is 0 Å². The molecule has 0 saturated heterocycles. The summed E-state index contributed by atoms with van der Waals surface area (Å²) in [6.07, 6.45) is 0. The highest BCUT2D eigenvalue weighted by molar-refractivity contribution is 6.20. The molecule has 2 heterocycles. The van der Waals surface area contributed by atoms with Crippen molar-refractivity contribution in [3.8, 4) is 22.4 Å². The highest BCUT2D eigenvalue weighted by atomic mass is 16.3. The lowest BCUT2D eigenvalue weighted by Gasteiger charge is -2.11. The first-order valence-corrected chi connectivity index (χ1v) is 11.2. The molecule has 2 nitrogen and oxygen atoms in total. The van der Waals surface area contributed by atoms with Crippen LogP contribution in [0, 0.1) is 0 Å². The SMILES string of the molecule is c1ccc(-c2ccc(-c3nc4c(ccc5c6ccccc6oc54)c4ccccc34)cc2)cc1. The lowest BCUT2D eigenvalue weighted by Crippen LogP contribution is -1.90. The zero-order valence-electron chi connectivity index (χ0n) is 17.8. The van der Waals surface area contributed by atoms with Gasteiger partial charge >= 0.3 is 0 Å². The monoisotopic (exact) mass is 421 g/mol. The molecule has 0 aliphatic heterocycles. The van der Waals surface area contributed by atoms with Crippen molar-refractivity contribution < 1.29 is 4.42 Å². The number of fused-ring (bicyclic) bond motifs is 7. The van der Waals surface area contributed by atoms with Gasteiger partial charge in [0.05, 0.1) is 5.69 Å². The highest BCUT2D eigenvalue weighted by Crippen LogP contribution is 2.38. The normalized spacial score (nSPS) is 11.6. The van der Waals surface area contributed by atoms with Gasteiger partial charge in [-0.25, -0.2) is 4.98 Å². The zero-order chi connectivity index (χ0) is 21.8. The summed E-state index contributed by atoms with van der Waals surface area (Å²) in [6.45, 7) is 0. The van der Waals surface area contributed by atoms with Gasteiger partial charge in [0, 0.05) is 27.1 Å². The maximum atomic E-state index is 6.32. The molecule has 154 valence electrons. The molecule has 0 atom stereocenters. The minimum Gasteiger partial charge on any atom is -0.454 e. The molecule has 0 radical (unpaired) electrons. The Bertz CT molecular complexity index is 1790. The molecule has 5 aromatic carbocycles. The molecule has 0 saturated carbocycles. The van der Waals surface area contributed by atoms with Crippen molar-refractivity contribution in [3.63, 3.8) is 0 Å². The molecule has 0 bridgehead atoms. The van der Waals surface area contributed by atoms with E-state index in [1.165, 1.54) is 16.5 Å². The first kappa shape index (κ1) is 18.2. The molecule has 0 fully saturated rings. The Balaban J connectivity index is 1.52. The molecule has 2 heteroatoms. The van der Waals surface area contributed by atoms with E-state index in [1.54, 1.807) is 0 Å². The average Bonchev–Trinajstić information content (AvgIpc) is 3.28. The van der Waals surface area contributed by atoms with Crippen molar-refractivity contribution in [2.24, 2.45) is 0 Å². The third-order valence-electron chi connectivity index (χ3n) is 6.48. The van der Waals surface area contributed by atoms with Crippen LogP contribution in [-0.2, 0) is 0 Å². The average molecular weight is 421 g/mol. The van der Waals surface area contributed by atoms with Crippen molar-refractivity contribution >= 4 is 43.6 Å². The number of para-hydroxylation sites is 1. The van der Waals surface area contributed by atoms with Gasteiger partial charge in [0.2, 0.25) is 0 Å². The predicted molar refractivity (Wildman–Crippen MR) is 137 cm³/mol. The van der Waals surface area contributed by atoms with E-state index in [4.69, 9.17) is 9.40 Å². The van der Waals surface area contributed by atoms with Crippen molar-refractivity contribution in [2.45, 2.75) is 0 Å². The summed E-state index contributed by atoms with van der Waals surface area (Å²) < 4.78 is 6.32. The van der Waals surface area contributed by atoms with Gasteiger partial charge in [-0.15, -0.1) is 0 Å².